The van der Waals surface area contributed by atoms with Crippen LogP contribution in [0.4, 0.5) is 0 Å². The molecule has 0 aliphatic carbocycles. The van der Waals surface area contributed by atoms with Crippen molar-refractivity contribution in [3.63, 3.8) is 0 Å². The second kappa shape index (κ2) is 8.02. The lowest BCUT2D eigenvalue weighted by molar-refractivity contribution is -0.126. The van der Waals surface area contributed by atoms with Crippen LogP contribution in [0.2, 0.25) is 0 Å². The van der Waals surface area contributed by atoms with Gasteiger partial charge in [0, 0.05) is 37.2 Å². The van der Waals surface area contributed by atoms with Crippen molar-refractivity contribution >= 4 is 17.7 Å². The van der Waals surface area contributed by atoms with Crippen molar-refractivity contribution in [3.8, 4) is 0 Å². The van der Waals surface area contributed by atoms with Gasteiger partial charge >= 0.3 is 0 Å². The van der Waals surface area contributed by atoms with Crippen molar-refractivity contribution in [2.75, 3.05) is 31.2 Å². The Morgan fingerprint density at radius 2 is 1.94 bits per heavy atom. The summed E-state index contributed by atoms with van der Waals surface area (Å²) >= 11 is 1.95. The smallest absolute Gasteiger partial charge is 0.237 e. The van der Waals surface area contributed by atoms with Crippen molar-refractivity contribution in [3.05, 3.63) is 0 Å². The van der Waals surface area contributed by atoms with Crippen molar-refractivity contribution in [2.45, 2.75) is 39.3 Å². The van der Waals surface area contributed by atoms with Gasteiger partial charge < -0.3 is 10.4 Å². The third-order valence-electron chi connectivity index (χ3n) is 3.55. The van der Waals surface area contributed by atoms with Crippen LogP contribution < -0.4 is 5.32 Å². The molecule has 1 saturated heterocycles. The number of rotatable bonds is 6. The Balaban J connectivity index is 2.46. The fourth-order valence-corrected chi connectivity index (χ4v) is 3.08. The van der Waals surface area contributed by atoms with E-state index in [2.05, 4.69) is 24.1 Å². The molecule has 18 heavy (non-hydrogen) atoms. The fraction of sp³-hybridized carbons (Fsp3) is 0.923. The number of nitrogens with zero attached hydrogens (tertiary/aromatic N) is 1. The Morgan fingerprint density at radius 1 is 1.33 bits per heavy atom. The maximum absolute atomic E-state index is 12.2. The van der Waals surface area contributed by atoms with Crippen LogP contribution >= 0.6 is 11.8 Å². The molecule has 0 radical (unpaired) electrons. The topological polar surface area (TPSA) is 52.6 Å². The quantitative estimate of drug-likeness (QED) is 0.757. The van der Waals surface area contributed by atoms with Gasteiger partial charge in [0.25, 0.3) is 0 Å². The second-order valence-corrected chi connectivity index (χ2v) is 6.42. The van der Waals surface area contributed by atoms with Crippen LogP contribution in [0.15, 0.2) is 0 Å². The van der Waals surface area contributed by atoms with Crippen LogP contribution in [-0.2, 0) is 4.79 Å². The molecule has 0 aromatic heterocycles. The van der Waals surface area contributed by atoms with Gasteiger partial charge in [-0.05, 0) is 19.3 Å². The Labute approximate surface area is 115 Å². The number of aliphatic hydroxyl groups is 1. The summed E-state index contributed by atoms with van der Waals surface area (Å²) in [6.07, 6.45) is 0.631. The normalized spacial score (nSPS) is 20.7. The monoisotopic (exact) mass is 274 g/mol. The van der Waals surface area contributed by atoms with E-state index in [9.17, 15) is 4.79 Å². The van der Waals surface area contributed by atoms with E-state index < -0.39 is 0 Å². The molecule has 1 heterocycles. The predicted octanol–water partition coefficient (Wildman–Crippen LogP) is 0.947. The highest BCUT2D eigenvalue weighted by atomic mass is 32.2. The molecule has 1 aliphatic rings. The summed E-state index contributed by atoms with van der Waals surface area (Å²) in [6.45, 7) is 8.22. The Kier molecular flexibility index (Phi) is 7.04. The van der Waals surface area contributed by atoms with Gasteiger partial charge in [-0.15, -0.1) is 0 Å². The summed E-state index contributed by atoms with van der Waals surface area (Å²) in [5, 5.41) is 12.1. The number of thioether (sulfide) groups is 1. The predicted molar refractivity (Wildman–Crippen MR) is 76.8 cm³/mol. The molecule has 0 spiro atoms. The van der Waals surface area contributed by atoms with Crippen LogP contribution in [0, 0.1) is 5.92 Å². The van der Waals surface area contributed by atoms with Gasteiger partial charge in [-0.2, -0.15) is 11.8 Å². The summed E-state index contributed by atoms with van der Waals surface area (Å²) < 4.78 is 0. The molecule has 0 aromatic rings. The molecule has 0 saturated carbocycles. The van der Waals surface area contributed by atoms with Crippen LogP contribution in [0.5, 0.6) is 0 Å². The number of carbonyl (C=O) groups excluding carboxylic acids is 1. The van der Waals surface area contributed by atoms with Gasteiger partial charge in [0.2, 0.25) is 5.91 Å². The summed E-state index contributed by atoms with van der Waals surface area (Å²) in [6, 6.07) is 0.00922. The first-order valence-corrected chi connectivity index (χ1v) is 7.94. The third kappa shape index (κ3) is 4.78. The molecule has 1 aliphatic heterocycles. The van der Waals surface area contributed by atoms with E-state index >= 15 is 0 Å². The minimum absolute atomic E-state index is 0.0640. The van der Waals surface area contributed by atoms with Crippen molar-refractivity contribution in [2.24, 2.45) is 5.92 Å². The molecule has 5 heteroatoms. The Morgan fingerprint density at radius 3 is 2.44 bits per heavy atom. The van der Waals surface area contributed by atoms with Crippen LogP contribution in [0.1, 0.15) is 27.2 Å². The van der Waals surface area contributed by atoms with Crippen molar-refractivity contribution in [1.82, 2.24) is 10.2 Å². The third-order valence-corrected chi connectivity index (χ3v) is 4.49. The van der Waals surface area contributed by atoms with E-state index in [-0.39, 0.29) is 24.6 Å². The molecule has 1 rings (SSSR count). The number of nitrogens with one attached hydrogen (secondary N) is 1. The summed E-state index contributed by atoms with van der Waals surface area (Å²) in [4.78, 5) is 14.4. The molecule has 0 bridgehead atoms. The van der Waals surface area contributed by atoms with E-state index in [1.54, 1.807) is 0 Å². The molecule has 2 unspecified atom stereocenters. The highest BCUT2D eigenvalue weighted by Crippen LogP contribution is 2.13. The lowest BCUT2D eigenvalue weighted by Gasteiger charge is -2.32. The van der Waals surface area contributed by atoms with E-state index in [0.717, 1.165) is 24.6 Å². The average Bonchev–Trinajstić information content (AvgIpc) is 2.38. The maximum Gasteiger partial charge on any atom is 0.237 e. The highest BCUT2D eigenvalue weighted by molar-refractivity contribution is 7.99. The minimum atomic E-state index is -0.0640. The fourth-order valence-electron chi connectivity index (χ4n) is 2.15. The molecule has 106 valence electrons. The molecule has 2 atom stereocenters. The average molecular weight is 274 g/mol. The molecule has 4 nitrogen and oxygen atoms in total. The lowest BCUT2D eigenvalue weighted by Crippen LogP contribution is -2.51. The van der Waals surface area contributed by atoms with Gasteiger partial charge in [0.05, 0.1) is 6.04 Å². The van der Waals surface area contributed by atoms with Crippen LogP contribution in [0.3, 0.4) is 0 Å². The van der Waals surface area contributed by atoms with Crippen LogP contribution in [0.25, 0.3) is 0 Å². The number of amides is 1. The highest BCUT2D eigenvalue weighted by Gasteiger charge is 2.25. The standard InChI is InChI=1S/C13H26N2O2S/c1-10(2)12(4-7-16)14-13(17)11(3)15-5-8-18-9-6-15/h10-12,16H,4-9H2,1-3H3,(H,14,17). The number of hydrogen-bond donors (Lipinski definition) is 2. The van der Waals surface area contributed by atoms with Crippen molar-refractivity contribution in [1.29, 1.82) is 0 Å². The van der Waals surface area contributed by atoms with E-state index in [1.165, 1.54) is 0 Å². The van der Waals surface area contributed by atoms with Gasteiger partial charge in [-0.3, -0.25) is 9.69 Å². The molecule has 1 amide bonds. The summed E-state index contributed by atoms with van der Waals surface area (Å²) in [5.41, 5.74) is 0. The van der Waals surface area contributed by atoms with Gasteiger partial charge in [0.1, 0.15) is 0 Å². The van der Waals surface area contributed by atoms with Gasteiger partial charge in [-0.1, -0.05) is 13.8 Å². The van der Waals surface area contributed by atoms with Gasteiger partial charge in [-0.25, -0.2) is 0 Å². The molecule has 2 N–H and O–H groups in total. The zero-order valence-electron chi connectivity index (χ0n) is 11.7. The van der Waals surface area contributed by atoms with Crippen molar-refractivity contribution < 1.29 is 9.90 Å². The largest absolute Gasteiger partial charge is 0.396 e. The first kappa shape index (κ1) is 15.8. The molecule has 1 fully saturated rings. The zero-order chi connectivity index (χ0) is 13.5. The minimum Gasteiger partial charge on any atom is -0.396 e. The zero-order valence-corrected chi connectivity index (χ0v) is 12.5. The second-order valence-electron chi connectivity index (χ2n) is 5.20. The van der Waals surface area contributed by atoms with E-state index in [1.807, 2.05) is 18.7 Å². The maximum atomic E-state index is 12.2. The number of carbonyl (C=O) groups is 1. The number of aliphatic hydroxyl groups excluding tert-OH is 1. The summed E-state index contributed by atoms with van der Waals surface area (Å²) in [7, 11) is 0. The van der Waals surface area contributed by atoms with Crippen LogP contribution in [-0.4, -0.2) is 59.2 Å². The SMILES string of the molecule is CC(C)C(CCO)NC(=O)C(C)N1CCSCC1. The first-order chi connectivity index (χ1) is 8.56. The molecular formula is C13H26N2O2S. The number of hydrogen-bond acceptors (Lipinski definition) is 4. The Bertz CT molecular complexity index is 255. The lowest BCUT2D eigenvalue weighted by atomic mass is 10.0. The summed E-state index contributed by atoms with van der Waals surface area (Å²) in [5.74, 6) is 2.67. The van der Waals surface area contributed by atoms with Gasteiger partial charge in [0.15, 0.2) is 0 Å². The van der Waals surface area contributed by atoms with E-state index in [0.29, 0.717) is 12.3 Å². The molecular weight excluding hydrogens is 248 g/mol. The molecule has 0 aromatic carbocycles. The Hall–Kier alpha value is -0.260. The first-order valence-electron chi connectivity index (χ1n) is 6.79. The van der Waals surface area contributed by atoms with E-state index in [4.69, 9.17) is 5.11 Å².